The van der Waals surface area contributed by atoms with E-state index in [1.54, 1.807) is 17.0 Å². The van der Waals surface area contributed by atoms with Crippen LogP contribution in [-0.4, -0.2) is 28.4 Å². The predicted molar refractivity (Wildman–Crippen MR) is 76.6 cm³/mol. The molecule has 0 fully saturated rings. The minimum absolute atomic E-state index is 0.0400. The quantitative estimate of drug-likeness (QED) is 0.861. The Morgan fingerprint density at radius 3 is 2.75 bits per heavy atom. The molecule has 0 radical (unpaired) electrons. The van der Waals surface area contributed by atoms with Gasteiger partial charge in [0.2, 0.25) is 5.91 Å². The summed E-state index contributed by atoms with van der Waals surface area (Å²) in [7, 11) is 0. The zero-order valence-electron chi connectivity index (χ0n) is 11.8. The van der Waals surface area contributed by atoms with Crippen LogP contribution in [0.1, 0.15) is 41.8 Å². The second-order valence-electron chi connectivity index (χ2n) is 5.06. The predicted octanol–water partition coefficient (Wildman–Crippen LogP) is 2.63. The lowest BCUT2D eigenvalue weighted by Gasteiger charge is -2.29. The summed E-state index contributed by atoms with van der Waals surface area (Å²) in [6.07, 6.45) is 3.54. The lowest BCUT2D eigenvalue weighted by Crippen LogP contribution is -2.36. The van der Waals surface area contributed by atoms with Crippen LogP contribution in [0.3, 0.4) is 0 Å². The molecule has 1 aromatic rings. The van der Waals surface area contributed by atoms with Crippen LogP contribution in [-0.2, 0) is 17.8 Å². The van der Waals surface area contributed by atoms with Crippen LogP contribution in [0.2, 0.25) is 0 Å². The molecule has 1 aliphatic heterocycles. The largest absolute Gasteiger partial charge is 0.478 e. The van der Waals surface area contributed by atoms with Gasteiger partial charge in [0, 0.05) is 18.7 Å². The molecule has 0 atom stereocenters. The van der Waals surface area contributed by atoms with Gasteiger partial charge in [-0.25, -0.2) is 4.79 Å². The minimum Gasteiger partial charge on any atom is -0.478 e. The van der Waals surface area contributed by atoms with Crippen molar-refractivity contribution in [1.29, 1.82) is 0 Å². The third-order valence-electron chi connectivity index (χ3n) is 3.60. The molecule has 0 saturated heterocycles. The van der Waals surface area contributed by atoms with Crippen molar-refractivity contribution >= 4 is 11.9 Å². The van der Waals surface area contributed by atoms with E-state index in [-0.39, 0.29) is 11.5 Å². The van der Waals surface area contributed by atoms with Gasteiger partial charge in [0.15, 0.2) is 0 Å². The summed E-state index contributed by atoms with van der Waals surface area (Å²) >= 11 is 0. The highest BCUT2D eigenvalue weighted by molar-refractivity contribution is 5.93. The van der Waals surface area contributed by atoms with E-state index < -0.39 is 5.97 Å². The van der Waals surface area contributed by atoms with E-state index in [1.807, 2.05) is 26.0 Å². The summed E-state index contributed by atoms with van der Waals surface area (Å²) in [6.45, 7) is 5.01. The second kappa shape index (κ2) is 5.90. The van der Waals surface area contributed by atoms with Crippen molar-refractivity contribution in [2.24, 2.45) is 0 Å². The fourth-order valence-electron chi connectivity index (χ4n) is 2.51. The summed E-state index contributed by atoms with van der Waals surface area (Å²) in [6, 6.07) is 5.16. The smallest absolute Gasteiger partial charge is 0.335 e. The number of fused-ring (bicyclic) bond motifs is 1. The zero-order valence-corrected chi connectivity index (χ0v) is 11.8. The number of rotatable bonds is 3. The van der Waals surface area contributed by atoms with Crippen LogP contribution < -0.4 is 0 Å². The molecule has 1 heterocycles. The third kappa shape index (κ3) is 2.90. The molecule has 0 spiro atoms. The number of aromatic carboxylic acids is 1. The van der Waals surface area contributed by atoms with E-state index >= 15 is 0 Å². The normalized spacial score (nSPS) is 14.9. The number of benzene rings is 1. The van der Waals surface area contributed by atoms with Gasteiger partial charge >= 0.3 is 5.97 Å². The Bertz CT molecular complexity index is 575. The molecular formula is C16H19NO3. The molecular weight excluding hydrogens is 254 g/mol. The van der Waals surface area contributed by atoms with Crippen LogP contribution in [0.25, 0.3) is 0 Å². The molecule has 106 valence electrons. The Morgan fingerprint density at radius 1 is 1.35 bits per heavy atom. The van der Waals surface area contributed by atoms with E-state index in [0.29, 0.717) is 13.1 Å². The van der Waals surface area contributed by atoms with E-state index in [1.165, 1.54) is 0 Å². The van der Waals surface area contributed by atoms with Gasteiger partial charge in [0.05, 0.1) is 5.56 Å². The van der Waals surface area contributed by atoms with Crippen molar-refractivity contribution in [2.75, 3.05) is 6.54 Å². The van der Waals surface area contributed by atoms with Gasteiger partial charge in [0.1, 0.15) is 0 Å². The summed E-state index contributed by atoms with van der Waals surface area (Å²) in [4.78, 5) is 25.1. The van der Waals surface area contributed by atoms with Gasteiger partial charge in [-0.2, -0.15) is 0 Å². The molecule has 0 unspecified atom stereocenters. The highest BCUT2D eigenvalue weighted by atomic mass is 16.4. The Hall–Kier alpha value is -2.10. The van der Waals surface area contributed by atoms with Gasteiger partial charge in [-0.05, 0) is 43.0 Å². The number of carboxylic acid groups (broad SMARTS) is 1. The molecule has 2 rings (SSSR count). The molecule has 20 heavy (non-hydrogen) atoms. The zero-order chi connectivity index (χ0) is 14.7. The lowest BCUT2D eigenvalue weighted by molar-refractivity contribution is -0.128. The standard InChI is InChI=1S/C16H19NO3/c1-3-4-11(2)15(18)17-8-7-12-5-6-13(16(19)20)9-14(12)10-17/h4-6,9H,3,7-8,10H2,1-2H3,(H,19,20)/b11-4-. The topological polar surface area (TPSA) is 57.6 Å². The molecule has 1 amide bonds. The summed E-state index contributed by atoms with van der Waals surface area (Å²) in [5.74, 6) is -0.892. The van der Waals surface area contributed by atoms with Crippen LogP contribution in [0, 0.1) is 0 Å². The van der Waals surface area contributed by atoms with E-state index in [9.17, 15) is 9.59 Å². The number of carbonyl (C=O) groups is 2. The van der Waals surface area contributed by atoms with Crippen molar-refractivity contribution in [3.8, 4) is 0 Å². The Balaban J connectivity index is 2.21. The summed E-state index contributed by atoms with van der Waals surface area (Å²) < 4.78 is 0. The van der Waals surface area contributed by atoms with Gasteiger partial charge in [-0.3, -0.25) is 4.79 Å². The van der Waals surface area contributed by atoms with Crippen molar-refractivity contribution in [1.82, 2.24) is 4.90 Å². The summed E-state index contributed by atoms with van der Waals surface area (Å²) in [5, 5.41) is 9.03. The van der Waals surface area contributed by atoms with Crippen LogP contribution in [0.15, 0.2) is 29.8 Å². The first-order valence-electron chi connectivity index (χ1n) is 6.84. The molecule has 0 aromatic heterocycles. The number of nitrogens with zero attached hydrogens (tertiary/aromatic N) is 1. The number of carboxylic acids is 1. The second-order valence-corrected chi connectivity index (χ2v) is 5.06. The highest BCUT2D eigenvalue weighted by Crippen LogP contribution is 2.21. The van der Waals surface area contributed by atoms with Crippen LogP contribution in [0.5, 0.6) is 0 Å². The van der Waals surface area contributed by atoms with E-state index in [0.717, 1.165) is 29.5 Å². The Kier molecular flexibility index (Phi) is 4.23. The Morgan fingerprint density at radius 2 is 2.10 bits per heavy atom. The molecule has 1 aromatic carbocycles. The van der Waals surface area contributed by atoms with Crippen molar-refractivity contribution in [3.05, 3.63) is 46.5 Å². The van der Waals surface area contributed by atoms with Crippen LogP contribution >= 0.6 is 0 Å². The van der Waals surface area contributed by atoms with E-state index in [4.69, 9.17) is 5.11 Å². The molecule has 0 saturated carbocycles. The summed E-state index contributed by atoms with van der Waals surface area (Å²) in [5.41, 5.74) is 3.11. The van der Waals surface area contributed by atoms with E-state index in [2.05, 4.69) is 0 Å². The number of allylic oxidation sites excluding steroid dienone is 1. The minimum atomic E-state index is -0.932. The average Bonchev–Trinajstić information content (AvgIpc) is 2.45. The number of hydrogen-bond acceptors (Lipinski definition) is 2. The highest BCUT2D eigenvalue weighted by Gasteiger charge is 2.22. The lowest BCUT2D eigenvalue weighted by atomic mass is 9.97. The number of hydrogen-bond donors (Lipinski definition) is 1. The molecule has 0 bridgehead atoms. The third-order valence-corrected chi connectivity index (χ3v) is 3.60. The molecule has 1 N–H and O–H groups in total. The van der Waals surface area contributed by atoms with Gasteiger partial charge in [-0.1, -0.05) is 19.1 Å². The first-order valence-corrected chi connectivity index (χ1v) is 6.84. The van der Waals surface area contributed by atoms with Gasteiger partial charge < -0.3 is 10.0 Å². The molecule has 4 heteroatoms. The van der Waals surface area contributed by atoms with Crippen molar-refractivity contribution in [2.45, 2.75) is 33.2 Å². The first-order chi connectivity index (χ1) is 9.52. The van der Waals surface area contributed by atoms with Gasteiger partial charge in [0.25, 0.3) is 0 Å². The molecule has 1 aliphatic rings. The Labute approximate surface area is 118 Å². The molecule has 4 nitrogen and oxygen atoms in total. The number of amides is 1. The fraction of sp³-hybridized carbons (Fsp3) is 0.375. The monoisotopic (exact) mass is 273 g/mol. The maximum absolute atomic E-state index is 12.3. The van der Waals surface area contributed by atoms with Gasteiger partial charge in [-0.15, -0.1) is 0 Å². The maximum Gasteiger partial charge on any atom is 0.335 e. The van der Waals surface area contributed by atoms with Crippen molar-refractivity contribution < 1.29 is 14.7 Å². The fourth-order valence-corrected chi connectivity index (χ4v) is 2.51. The maximum atomic E-state index is 12.3. The average molecular weight is 273 g/mol. The van der Waals surface area contributed by atoms with Crippen LogP contribution in [0.4, 0.5) is 0 Å². The SMILES string of the molecule is CC/C=C(/C)C(=O)N1CCc2ccc(C(=O)O)cc2C1. The first kappa shape index (κ1) is 14.3. The molecule has 0 aliphatic carbocycles. The number of carbonyl (C=O) groups excluding carboxylic acids is 1. The van der Waals surface area contributed by atoms with Crippen molar-refractivity contribution in [3.63, 3.8) is 0 Å².